The second-order valence-electron chi connectivity index (χ2n) is 13.2. The Labute approximate surface area is 270 Å². The summed E-state index contributed by atoms with van der Waals surface area (Å²) in [5, 5.41) is 4.18. The molecule has 4 aliphatic rings. The van der Waals surface area contributed by atoms with Gasteiger partial charge in [0, 0.05) is 42.3 Å². The number of halogens is 2. The van der Waals surface area contributed by atoms with E-state index in [0.29, 0.717) is 24.1 Å². The number of alkyl halides is 2. The van der Waals surface area contributed by atoms with E-state index in [-0.39, 0.29) is 22.4 Å². The maximum Gasteiger partial charge on any atom is 0.387 e. The van der Waals surface area contributed by atoms with E-state index in [0.717, 1.165) is 85.2 Å². The molecule has 3 aliphatic carbocycles. The van der Waals surface area contributed by atoms with Gasteiger partial charge in [-0.05, 0) is 92.7 Å². The van der Waals surface area contributed by atoms with Gasteiger partial charge in [-0.3, -0.25) is 9.78 Å². The fraction of sp³-hybridized carbons (Fsp3) is 0.412. The van der Waals surface area contributed by atoms with Crippen LogP contribution in [0.5, 0.6) is 5.75 Å². The van der Waals surface area contributed by atoms with Crippen LogP contribution in [0.25, 0.3) is 27.9 Å². The number of hydrogen-bond donors (Lipinski definition) is 1. The molecule has 3 aromatic heterocycles. The van der Waals surface area contributed by atoms with Crippen LogP contribution in [-0.4, -0.2) is 54.4 Å². The Hall–Kier alpha value is -4.39. The third kappa shape index (κ3) is 5.64. The van der Waals surface area contributed by atoms with Gasteiger partial charge in [0.15, 0.2) is 0 Å². The van der Waals surface area contributed by atoms with Crippen molar-refractivity contribution < 1.29 is 31.3 Å². The van der Waals surface area contributed by atoms with Crippen molar-refractivity contribution in [3.63, 3.8) is 0 Å². The number of piperidine rings is 1. The number of hydrogen-bond acceptors (Lipinski definition) is 9. The van der Waals surface area contributed by atoms with Crippen molar-refractivity contribution in [3.05, 3.63) is 71.3 Å². The molecule has 0 bridgehead atoms. The molecule has 47 heavy (non-hydrogen) atoms. The Balaban J connectivity index is 1.02. The first-order valence-corrected chi connectivity index (χ1v) is 17.5. The largest absolute Gasteiger partial charge is 0.434 e. The van der Waals surface area contributed by atoms with E-state index < -0.39 is 27.8 Å². The number of rotatable bonds is 9. The van der Waals surface area contributed by atoms with Crippen molar-refractivity contribution in [1.82, 2.24) is 19.8 Å². The number of nitrogens with one attached hydrogen (secondary N) is 1. The number of anilines is 1. The molecule has 3 fully saturated rings. The van der Waals surface area contributed by atoms with Crippen LogP contribution in [0.4, 0.5) is 14.5 Å². The second kappa shape index (κ2) is 11.1. The SMILES string of the molecule is Cc1cccnc1-c1noc(C2CC2)c1C1=CC2(CCN(c3ccc4nc(C(=O)NS(=O)(=O)C5CC5)cc(OC(F)F)c4c3)CC2)C1. The molecule has 1 N–H and O–H groups in total. The number of ether oxygens (including phenoxy) is 1. The molecule has 4 aromatic rings. The summed E-state index contributed by atoms with van der Waals surface area (Å²) in [6, 6.07) is 10.3. The molecular formula is C34H33F2N5O5S. The molecular weight excluding hydrogens is 628 g/mol. The summed E-state index contributed by atoms with van der Waals surface area (Å²) in [6.45, 7) is 0.419. The van der Waals surface area contributed by atoms with Gasteiger partial charge in [0.05, 0.1) is 22.0 Å². The molecule has 0 unspecified atom stereocenters. The number of allylic oxidation sites excluding steroid dienone is 2. The Bertz CT molecular complexity index is 2050. The molecule has 244 valence electrons. The molecule has 8 rings (SSSR count). The van der Waals surface area contributed by atoms with Crippen LogP contribution in [0.3, 0.4) is 0 Å². The molecule has 1 aromatic carbocycles. The fourth-order valence-electron chi connectivity index (χ4n) is 6.88. The van der Waals surface area contributed by atoms with Crippen LogP contribution in [0.1, 0.15) is 78.2 Å². The lowest BCUT2D eigenvalue weighted by Gasteiger charge is -2.47. The minimum absolute atomic E-state index is 0.0613. The maximum absolute atomic E-state index is 13.4. The third-order valence-electron chi connectivity index (χ3n) is 9.77. The number of carbonyl (C=O) groups excluding carboxylic acids is 1. The van der Waals surface area contributed by atoms with Crippen molar-refractivity contribution in [2.45, 2.75) is 69.6 Å². The lowest BCUT2D eigenvalue weighted by Crippen LogP contribution is -2.42. The Morgan fingerprint density at radius 1 is 1.11 bits per heavy atom. The maximum atomic E-state index is 13.4. The molecule has 0 radical (unpaired) electrons. The zero-order chi connectivity index (χ0) is 32.5. The number of aromatic nitrogens is 3. The fourth-order valence-corrected chi connectivity index (χ4v) is 8.16. The zero-order valence-corrected chi connectivity index (χ0v) is 26.5. The highest BCUT2D eigenvalue weighted by Gasteiger charge is 2.44. The Kier molecular flexibility index (Phi) is 7.08. The first kappa shape index (κ1) is 30.0. The second-order valence-corrected chi connectivity index (χ2v) is 15.1. The van der Waals surface area contributed by atoms with E-state index in [1.807, 2.05) is 29.8 Å². The molecule has 13 heteroatoms. The van der Waals surface area contributed by atoms with E-state index >= 15 is 0 Å². The first-order valence-electron chi connectivity index (χ1n) is 15.9. The van der Waals surface area contributed by atoms with E-state index in [2.05, 4.69) is 26.1 Å². The lowest BCUT2D eigenvalue weighted by atomic mass is 9.63. The average molecular weight is 662 g/mol. The van der Waals surface area contributed by atoms with Crippen LogP contribution in [0.2, 0.25) is 0 Å². The van der Waals surface area contributed by atoms with E-state index in [1.165, 1.54) is 5.57 Å². The van der Waals surface area contributed by atoms with Crippen molar-refractivity contribution in [1.29, 1.82) is 0 Å². The number of carbonyl (C=O) groups is 1. The number of sulfonamides is 1. The molecule has 1 amide bonds. The van der Waals surface area contributed by atoms with E-state index in [4.69, 9.17) is 9.26 Å². The van der Waals surface area contributed by atoms with Gasteiger partial charge < -0.3 is 14.2 Å². The quantitative estimate of drug-likeness (QED) is 0.218. The predicted molar refractivity (Wildman–Crippen MR) is 171 cm³/mol. The van der Waals surface area contributed by atoms with Crippen LogP contribution in [0, 0.1) is 12.3 Å². The van der Waals surface area contributed by atoms with Gasteiger partial charge in [0.25, 0.3) is 5.91 Å². The first-order chi connectivity index (χ1) is 22.6. The van der Waals surface area contributed by atoms with Gasteiger partial charge in [0.2, 0.25) is 10.0 Å². The highest BCUT2D eigenvalue weighted by molar-refractivity contribution is 7.91. The van der Waals surface area contributed by atoms with Crippen molar-refractivity contribution in [2.24, 2.45) is 5.41 Å². The van der Waals surface area contributed by atoms with Gasteiger partial charge in [-0.2, -0.15) is 8.78 Å². The summed E-state index contributed by atoms with van der Waals surface area (Å²) in [7, 11) is -3.84. The molecule has 1 spiro atoms. The summed E-state index contributed by atoms with van der Waals surface area (Å²) in [6.07, 6.45) is 10.1. The number of pyridine rings is 2. The highest BCUT2D eigenvalue weighted by Crippen LogP contribution is 2.55. The van der Waals surface area contributed by atoms with Gasteiger partial charge in [-0.25, -0.2) is 18.1 Å². The number of amides is 1. The summed E-state index contributed by atoms with van der Waals surface area (Å²) < 4.78 is 64.1. The van der Waals surface area contributed by atoms with Crippen LogP contribution >= 0.6 is 0 Å². The molecule has 4 heterocycles. The summed E-state index contributed by atoms with van der Waals surface area (Å²) in [5.74, 6) is 0.173. The normalized spacial score (nSPS) is 19.1. The summed E-state index contributed by atoms with van der Waals surface area (Å²) in [4.78, 5) is 23.8. The third-order valence-corrected chi connectivity index (χ3v) is 11.6. The average Bonchev–Trinajstić information content (AvgIpc) is 3.97. The lowest BCUT2D eigenvalue weighted by molar-refractivity contribution is -0.0488. The zero-order valence-electron chi connectivity index (χ0n) is 25.7. The Morgan fingerprint density at radius 3 is 2.55 bits per heavy atom. The number of benzene rings is 1. The smallest absolute Gasteiger partial charge is 0.387 e. The summed E-state index contributed by atoms with van der Waals surface area (Å²) in [5.41, 5.74) is 5.93. The predicted octanol–water partition coefficient (Wildman–Crippen LogP) is 6.37. The van der Waals surface area contributed by atoms with Crippen LogP contribution in [-0.2, 0) is 10.0 Å². The number of fused-ring (bicyclic) bond motifs is 1. The topological polar surface area (TPSA) is 128 Å². The van der Waals surface area contributed by atoms with Crippen molar-refractivity contribution in [3.8, 4) is 17.1 Å². The minimum atomic E-state index is -3.84. The molecule has 10 nitrogen and oxygen atoms in total. The van der Waals surface area contributed by atoms with E-state index in [9.17, 15) is 22.0 Å². The number of nitrogens with zero attached hydrogens (tertiary/aromatic N) is 4. The summed E-state index contributed by atoms with van der Waals surface area (Å²) >= 11 is 0. The van der Waals surface area contributed by atoms with Gasteiger partial charge in [0.1, 0.15) is 22.9 Å². The molecule has 1 aliphatic heterocycles. The molecule has 2 saturated carbocycles. The van der Waals surface area contributed by atoms with Crippen LogP contribution < -0.4 is 14.4 Å². The van der Waals surface area contributed by atoms with Crippen molar-refractivity contribution in [2.75, 3.05) is 18.0 Å². The van der Waals surface area contributed by atoms with Gasteiger partial charge in [-0.15, -0.1) is 0 Å². The van der Waals surface area contributed by atoms with Crippen LogP contribution in [0.15, 0.2) is 53.2 Å². The standard InChI is InChI=1S/C34H33F2N5O5S/c1-19-3-2-12-37-29(19)30-28(31(46-39-30)20-4-5-20)21-17-34(18-21)10-13-41(14-11-34)22-6-9-25-24(15-22)27(45-33(35)36)16-26(38-25)32(42)40-47(43,44)23-7-8-23/h2-3,6,9,12,15-17,20,23,33H,4-5,7-8,10-11,13-14,18H2,1H3,(H,40,42). The van der Waals surface area contributed by atoms with E-state index in [1.54, 1.807) is 18.3 Å². The monoisotopic (exact) mass is 661 g/mol. The van der Waals surface area contributed by atoms with Crippen molar-refractivity contribution >= 4 is 38.1 Å². The highest BCUT2D eigenvalue weighted by atomic mass is 32.2. The number of aryl methyl sites for hydroxylation is 1. The Morgan fingerprint density at radius 2 is 1.87 bits per heavy atom. The van der Waals surface area contributed by atoms with Gasteiger partial charge >= 0.3 is 6.61 Å². The minimum Gasteiger partial charge on any atom is -0.434 e. The molecule has 0 atom stereocenters. The molecule has 1 saturated heterocycles. The van der Waals surface area contributed by atoms with Gasteiger partial charge in [-0.1, -0.05) is 17.3 Å².